The van der Waals surface area contributed by atoms with Gasteiger partial charge in [-0.25, -0.2) is 4.98 Å². The molecule has 1 rings (SSSR count). The number of halogens is 1. The maximum Gasteiger partial charge on any atom is 0.252 e. The first-order valence-electron chi connectivity index (χ1n) is 5.64. The third-order valence-electron chi connectivity index (χ3n) is 2.31. The van der Waals surface area contributed by atoms with E-state index in [9.17, 15) is 9.18 Å². The average Bonchev–Trinajstić information content (AvgIpc) is 2.29. The van der Waals surface area contributed by atoms with Gasteiger partial charge in [-0.2, -0.15) is 4.39 Å². The minimum atomic E-state index is -0.576. The Morgan fingerprint density at radius 2 is 2.18 bits per heavy atom. The Labute approximate surface area is 101 Å². The molecule has 1 N–H and O–H groups in total. The minimum Gasteiger partial charge on any atom is -0.352 e. The second-order valence-corrected chi connectivity index (χ2v) is 4.14. The third-order valence-corrected chi connectivity index (χ3v) is 2.31. The normalized spacial score (nSPS) is 10.6. The number of nitrogens with zero attached hydrogens (tertiary/aromatic N) is 2. The second-order valence-electron chi connectivity index (χ2n) is 4.14. The summed E-state index contributed by atoms with van der Waals surface area (Å²) in [4.78, 5) is 17.1. The lowest BCUT2D eigenvalue weighted by atomic mass is 10.2. The highest BCUT2D eigenvalue weighted by molar-refractivity contribution is 5.93. The molecule has 17 heavy (non-hydrogen) atoms. The number of unbranched alkanes of at least 4 members (excludes halogenated alkanes) is 1. The largest absolute Gasteiger partial charge is 0.352 e. The highest BCUT2D eigenvalue weighted by Gasteiger charge is 2.04. The summed E-state index contributed by atoms with van der Waals surface area (Å²) in [7, 11) is 4.03. The molecule has 1 aromatic rings. The fourth-order valence-electron chi connectivity index (χ4n) is 1.37. The van der Waals surface area contributed by atoms with Crippen molar-refractivity contribution < 1.29 is 9.18 Å². The molecule has 1 heterocycles. The molecular weight excluding hydrogens is 221 g/mol. The SMILES string of the molecule is CN(C)CCCCNC(=O)c1ccc(F)nc1. The molecule has 1 amide bonds. The summed E-state index contributed by atoms with van der Waals surface area (Å²) in [5.74, 6) is -0.783. The topological polar surface area (TPSA) is 45.2 Å². The molecule has 0 fully saturated rings. The molecule has 0 aliphatic carbocycles. The molecule has 0 saturated carbocycles. The molecule has 94 valence electrons. The molecule has 0 unspecified atom stereocenters. The Balaban J connectivity index is 2.23. The molecular formula is C12H18FN3O. The Morgan fingerprint density at radius 3 is 2.76 bits per heavy atom. The number of pyridine rings is 1. The first-order valence-corrected chi connectivity index (χ1v) is 5.64. The monoisotopic (exact) mass is 239 g/mol. The summed E-state index contributed by atoms with van der Waals surface area (Å²) in [5, 5.41) is 2.77. The zero-order valence-electron chi connectivity index (χ0n) is 10.2. The summed E-state index contributed by atoms with van der Waals surface area (Å²) in [5.41, 5.74) is 0.388. The summed E-state index contributed by atoms with van der Waals surface area (Å²) in [6, 6.07) is 2.61. The van der Waals surface area contributed by atoms with Crippen molar-refractivity contribution in [2.24, 2.45) is 0 Å². The predicted octanol–water partition coefficient (Wildman–Crippen LogP) is 1.29. The minimum absolute atomic E-state index is 0.206. The summed E-state index contributed by atoms with van der Waals surface area (Å²) in [6.07, 6.45) is 3.21. The lowest BCUT2D eigenvalue weighted by Gasteiger charge is -2.09. The molecule has 0 atom stereocenters. The van der Waals surface area contributed by atoms with Gasteiger partial charge in [0.2, 0.25) is 5.95 Å². The van der Waals surface area contributed by atoms with Gasteiger partial charge in [0.05, 0.1) is 5.56 Å². The van der Waals surface area contributed by atoms with Gasteiger partial charge in [-0.3, -0.25) is 4.79 Å². The first-order chi connectivity index (χ1) is 8.09. The van der Waals surface area contributed by atoms with Crippen molar-refractivity contribution in [2.75, 3.05) is 27.2 Å². The molecule has 0 bridgehead atoms. The van der Waals surface area contributed by atoms with E-state index >= 15 is 0 Å². The van der Waals surface area contributed by atoms with Crippen LogP contribution in [0, 0.1) is 5.95 Å². The molecule has 0 aliphatic heterocycles. The van der Waals surface area contributed by atoms with Crippen LogP contribution in [0.2, 0.25) is 0 Å². The number of carbonyl (C=O) groups excluding carboxylic acids is 1. The van der Waals surface area contributed by atoms with Gasteiger partial charge in [-0.05, 0) is 45.6 Å². The zero-order chi connectivity index (χ0) is 12.7. The first kappa shape index (κ1) is 13.6. The molecule has 0 radical (unpaired) electrons. The van der Waals surface area contributed by atoms with E-state index in [-0.39, 0.29) is 5.91 Å². The van der Waals surface area contributed by atoms with Gasteiger partial charge in [0.15, 0.2) is 0 Å². The molecule has 0 aliphatic rings. The summed E-state index contributed by atoms with van der Waals surface area (Å²) < 4.78 is 12.5. The van der Waals surface area contributed by atoms with Gasteiger partial charge in [0.25, 0.3) is 5.91 Å². The maximum atomic E-state index is 12.5. The molecule has 0 aromatic carbocycles. The van der Waals surface area contributed by atoms with Crippen molar-refractivity contribution >= 4 is 5.91 Å². The van der Waals surface area contributed by atoms with E-state index in [1.807, 2.05) is 14.1 Å². The number of hydrogen-bond acceptors (Lipinski definition) is 3. The van der Waals surface area contributed by atoms with Crippen LogP contribution in [-0.4, -0.2) is 43.0 Å². The van der Waals surface area contributed by atoms with Crippen molar-refractivity contribution in [3.63, 3.8) is 0 Å². The van der Waals surface area contributed by atoms with E-state index in [1.165, 1.54) is 18.3 Å². The molecule has 1 aromatic heterocycles. The van der Waals surface area contributed by atoms with Gasteiger partial charge in [0.1, 0.15) is 0 Å². The van der Waals surface area contributed by atoms with Crippen LogP contribution in [0.4, 0.5) is 4.39 Å². The average molecular weight is 239 g/mol. The molecule has 0 saturated heterocycles. The van der Waals surface area contributed by atoms with Gasteiger partial charge in [0, 0.05) is 12.7 Å². The lowest BCUT2D eigenvalue weighted by Crippen LogP contribution is -2.25. The highest BCUT2D eigenvalue weighted by atomic mass is 19.1. The van der Waals surface area contributed by atoms with Crippen molar-refractivity contribution in [3.05, 3.63) is 29.8 Å². The third kappa shape index (κ3) is 5.40. The van der Waals surface area contributed by atoms with Crippen LogP contribution in [-0.2, 0) is 0 Å². The molecule has 4 nitrogen and oxygen atoms in total. The quantitative estimate of drug-likeness (QED) is 0.601. The zero-order valence-corrected chi connectivity index (χ0v) is 10.2. The fraction of sp³-hybridized carbons (Fsp3) is 0.500. The number of amides is 1. The Bertz CT molecular complexity index is 351. The van der Waals surface area contributed by atoms with Gasteiger partial charge in [-0.1, -0.05) is 0 Å². The molecule has 5 heteroatoms. The van der Waals surface area contributed by atoms with Gasteiger partial charge >= 0.3 is 0 Å². The number of carbonyl (C=O) groups is 1. The van der Waals surface area contributed by atoms with Crippen molar-refractivity contribution in [1.29, 1.82) is 0 Å². The van der Waals surface area contributed by atoms with Crippen molar-refractivity contribution in [2.45, 2.75) is 12.8 Å². The van der Waals surface area contributed by atoms with Gasteiger partial charge < -0.3 is 10.2 Å². The van der Waals surface area contributed by atoms with Crippen LogP contribution < -0.4 is 5.32 Å². The van der Waals surface area contributed by atoms with E-state index in [0.29, 0.717) is 12.1 Å². The Morgan fingerprint density at radius 1 is 1.41 bits per heavy atom. The number of nitrogens with one attached hydrogen (secondary N) is 1. The van der Waals surface area contributed by atoms with E-state index in [4.69, 9.17) is 0 Å². The van der Waals surface area contributed by atoms with Crippen LogP contribution in [0.15, 0.2) is 18.3 Å². The fourth-order valence-corrected chi connectivity index (χ4v) is 1.37. The predicted molar refractivity (Wildman–Crippen MR) is 64.3 cm³/mol. The number of hydrogen-bond donors (Lipinski definition) is 1. The van der Waals surface area contributed by atoms with Crippen LogP contribution in [0.3, 0.4) is 0 Å². The van der Waals surface area contributed by atoms with Crippen molar-refractivity contribution in [3.8, 4) is 0 Å². The van der Waals surface area contributed by atoms with Crippen LogP contribution in [0.5, 0.6) is 0 Å². The van der Waals surface area contributed by atoms with E-state index in [1.54, 1.807) is 0 Å². The summed E-state index contributed by atoms with van der Waals surface area (Å²) in [6.45, 7) is 1.64. The Kier molecular flexibility index (Phi) is 5.56. The summed E-state index contributed by atoms with van der Waals surface area (Å²) >= 11 is 0. The lowest BCUT2D eigenvalue weighted by molar-refractivity contribution is 0.0952. The second kappa shape index (κ2) is 6.96. The maximum absolute atomic E-state index is 12.5. The van der Waals surface area contributed by atoms with E-state index in [2.05, 4.69) is 15.2 Å². The van der Waals surface area contributed by atoms with Crippen molar-refractivity contribution in [1.82, 2.24) is 15.2 Å². The van der Waals surface area contributed by atoms with E-state index < -0.39 is 5.95 Å². The van der Waals surface area contributed by atoms with Gasteiger partial charge in [-0.15, -0.1) is 0 Å². The highest BCUT2D eigenvalue weighted by Crippen LogP contribution is 1.99. The van der Waals surface area contributed by atoms with Crippen LogP contribution in [0.1, 0.15) is 23.2 Å². The standard InChI is InChI=1S/C12H18FN3O/c1-16(2)8-4-3-7-14-12(17)10-5-6-11(13)15-9-10/h5-6,9H,3-4,7-8H2,1-2H3,(H,14,17). The van der Waals surface area contributed by atoms with Crippen LogP contribution in [0.25, 0.3) is 0 Å². The van der Waals surface area contributed by atoms with Crippen LogP contribution >= 0.6 is 0 Å². The molecule has 0 spiro atoms. The smallest absolute Gasteiger partial charge is 0.252 e. The number of aromatic nitrogens is 1. The van der Waals surface area contributed by atoms with E-state index in [0.717, 1.165) is 19.4 Å². The number of rotatable bonds is 6. The Hall–Kier alpha value is -1.49.